The van der Waals surface area contributed by atoms with Crippen LogP contribution >= 0.6 is 0 Å². The Morgan fingerprint density at radius 2 is 1.88 bits per heavy atom. The highest BCUT2D eigenvalue weighted by Gasteiger charge is 2.34. The fraction of sp³-hybridized carbons (Fsp3) is 0.286. The second kappa shape index (κ2) is 7.52. The molecular weight excluding hydrogens is 328 g/mol. The first-order valence-corrected chi connectivity index (χ1v) is 8.67. The zero-order valence-corrected chi connectivity index (χ0v) is 15.0. The molecule has 0 bridgehead atoms. The molecule has 0 radical (unpaired) electrons. The topological polar surface area (TPSA) is 66.5 Å². The number of hydrogen-bond acceptors (Lipinski definition) is 3. The van der Waals surface area contributed by atoms with E-state index >= 15 is 0 Å². The van der Waals surface area contributed by atoms with Gasteiger partial charge in [-0.1, -0.05) is 29.8 Å². The molecule has 134 valence electrons. The number of Topliss-reactive ketones (excluding diaryl/α,β-unsaturated/α-hetero) is 1. The van der Waals surface area contributed by atoms with Crippen LogP contribution in [-0.2, 0) is 16.1 Å². The van der Waals surface area contributed by atoms with E-state index in [-0.39, 0.29) is 29.9 Å². The predicted octanol–water partition coefficient (Wildman–Crippen LogP) is 3.18. The lowest BCUT2D eigenvalue weighted by Gasteiger charge is -2.17. The van der Waals surface area contributed by atoms with Crippen LogP contribution in [0.25, 0.3) is 0 Å². The zero-order valence-electron chi connectivity index (χ0n) is 15.0. The quantitative estimate of drug-likeness (QED) is 0.842. The summed E-state index contributed by atoms with van der Waals surface area (Å²) >= 11 is 0. The molecule has 1 N–H and O–H groups in total. The molecule has 0 saturated carbocycles. The molecule has 1 heterocycles. The third-order valence-corrected chi connectivity index (χ3v) is 4.60. The van der Waals surface area contributed by atoms with Crippen molar-refractivity contribution in [1.29, 1.82) is 0 Å². The number of anilines is 1. The maximum Gasteiger partial charge on any atom is 0.229 e. The van der Waals surface area contributed by atoms with Gasteiger partial charge in [0.1, 0.15) is 0 Å². The summed E-state index contributed by atoms with van der Waals surface area (Å²) < 4.78 is 0. The summed E-state index contributed by atoms with van der Waals surface area (Å²) in [6.45, 7) is 4.46. The molecule has 3 rings (SSSR count). The molecule has 0 aromatic heterocycles. The van der Waals surface area contributed by atoms with Crippen LogP contribution in [-0.4, -0.2) is 29.0 Å². The number of ketones is 1. The van der Waals surface area contributed by atoms with Crippen LogP contribution in [0.1, 0.15) is 34.8 Å². The summed E-state index contributed by atoms with van der Waals surface area (Å²) in [6.07, 6.45) is 0.225. The summed E-state index contributed by atoms with van der Waals surface area (Å²) in [4.78, 5) is 37.8. The van der Waals surface area contributed by atoms with E-state index in [4.69, 9.17) is 0 Å². The van der Waals surface area contributed by atoms with Gasteiger partial charge in [-0.25, -0.2) is 0 Å². The van der Waals surface area contributed by atoms with Crippen molar-refractivity contribution in [3.63, 3.8) is 0 Å². The number of carbonyl (C=O) groups excluding carboxylic acids is 3. The third-order valence-electron chi connectivity index (χ3n) is 4.60. The van der Waals surface area contributed by atoms with Crippen LogP contribution in [0.3, 0.4) is 0 Å². The van der Waals surface area contributed by atoms with Crippen molar-refractivity contribution >= 4 is 23.3 Å². The molecule has 1 aliphatic heterocycles. The van der Waals surface area contributed by atoms with Crippen molar-refractivity contribution < 1.29 is 14.4 Å². The van der Waals surface area contributed by atoms with Gasteiger partial charge in [-0.05, 0) is 43.7 Å². The Balaban J connectivity index is 1.60. The van der Waals surface area contributed by atoms with Gasteiger partial charge in [-0.2, -0.15) is 0 Å². The van der Waals surface area contributed by atoms with Crippen molar-refractivity contribution in [1.82, 2.24) is 4.90 Å². The van der Waals surface area contributed by atoms with E-state index in [1.165, 1.54) is 6.92 Å². The second-order valence-electron chi connectivity index (χ2n) is 6.79. The third kappa shape index (κ3) is 4.17. The van der Waals surface area contributed by atoms with Crippen LogP contribution in [0.2, 0.25) is 0 Å². The molecule has 0 aliphatic carbocycles. The average molecular weight is 350 g/mol. The fourth-order valence-electron chi connectivity index (χ4n) is 3.16. The summed E-state index contributed by atoms with van der Waals surface area (Å²) in [5.41, 5.74) is 3.45. The standard InChI is InChI=1S/C21H22N2O3/c1-14-4-3-5-16(10-14)12-23-13-18(11-20(23)25)21(26)22-19-8-6-17(7-9-19)15(2)24/h3-10,18H,11-13H2,1-2H3,(H,22,26). The minimum Gasteiger partial charge on any atom is -0.338 e. The zero-order chi connectivity index (χ0) is 18.7. The molecular formula is C21H22N2O3. The Morgan fingerprint density at radius 3 is 2.54 bits per heavy atom. The first-order valence-electron chi connectivity index (χ1n) is 8.67. The van der Waals surface area contributed by atoms with Crippen molar-refractivity contribution in [2.75, 3.05) is 11.9 Å². The van der Waals surface area contributed by atoms with Crippen molar-refractivity contribution in [2.24, 2.45) is 5.92 Å². The molecule has 1 aliphatic rings. The first-order chi connectivity index (χ1) is 12.4. The van der Waals surface area contributed by atoms with Gasteiger partial charge in [0.25, 0.3) is 0 Å². The molecule has 1 fully saturated rings. The molecule has 2 amide bonds. The molecule has 5 heteroatoms. The summed E-state index contributed by atoms with van der Waals surface area (Å²) in [7, 11) is 0. The van der Waals surface area contributed by atoms with E-state index in [9.17, 15) is 14.4 Å². The van der Waals surface area contributed by atoms with Gasteiger partial charge < -0.3 is 10.2 Å². The van der Waals surface area contributed by atoms with E-state index < -0.39 is 0 Å². The van der Waals surface area contributed by atoms with Crippen molar-refractivity contribution in [3.05, 3.63) is 65.2 Å². The number of carbonyl (C=O) groups is 3. The fourth-order valence-corrected chi connectivity index (χ4v) is 3.16. The predicted molar refractivity (Wildman–Crippen MR) is 99.8 cm³/mol. The summed E-state index contributed by atoms with van der Waals surface area (Å²) in [5.74, 6) is -0.546. The molecule has 1 unspecified atom stereocenters. The number of aryl methyl sites for hydroxylation is 1. The highest BCUT2D eigenvalue weighted by molar-refractivity contribution is 5.98. The molecule has 2 aromatic rings. The second-order valence-corrected chi connectivity index (χ2v) is 6.79. The molecule has 1 saturated heterocycles. The smallest absolute Gasteiger partial charge is 0.229 e. The van der Waals surface area contributed by atoms with E-state index in [2.05, 4.69) is 11.4 Å². The molecule has 0 spiro atoms. The van der Waals surface area contributed by atoms with Gasteiger partial charge in [-0.15, -0.1) is 0 Å². The Labute approximate surface area is 153 Å². The number of benzene rings is 2. The Morgan fingerprint density at radius 1 is 1.15 bits per heavy atom. The van der Waals surface area contributed by atoms with Gasteiger partial charge in [0, 0.05) is 30.8 Å². The normalized spacial score (nSPS) is 16.6. The van der Waals surface area contributed by atoms with E-state index in [0.717, 1.165) is 11.1 Å². The van der Waals surface area contributed by atoms with Crippen LogP contribution in [0.4, 0.5) is 5.69 Å². The van der Waals surface area contributed by atoms with E-state index in [1.807, 2.05) is 25.1 Å². The Kier molecular flexibility index (Phi) is 5.16. The highest BCUT2D eigenvalue weighted by atomic mass is 16.2. The number of nitrogens with zero attached hydrogens (tertiary/aromatic N) is 1. The monoisotopic (exact) mass is 350 g/mol. The largest absolute Gasteiger partial charge is 0.338 e. The first kappa shape index (κ1) is 17.9. The van der Waals surface area contributed by atoms with Crippen molar-refractivity contribution in [2.45, 2.75) is 26.8 Å². The molecule has 2 aromatic carbocycles. The van der Waals surface area contributed by atoms with E-state index in [0.29, 0.717) is 24.3 Å². The number of likely N-dealkylation sites (tertiary alicyclic amines) is 1. The lowest BCUT2D eigenvalue weighted by atomic mass is 10.1. The Hall–Kier alpha value is -2.95. The maximum atomic E-state index is 12.5. The van der Waals surface area contributed by atoms with Crippen molar-refractivity contribution in [3.8, 4) is 0 Å². The van der Waals surface area contributed by atoms with Gasteiger partial charge in [0.15, 0.2) is 5.78 Å². The number of amides is 2. The van der Waals surface area contributed by atoms with Gasteiger partial charge in [0.2, 0.25) is 11.8 Å². The average Bonchev–Trinajstić information content (AvgIpc) is 2.96. The minimum atomic E-state index is -0.361. The van der Waals surface area contributed by atoms with Crippen LogP contribution in [0, 0.1) is 12.8 Å². The lowest BCUT2D eigenvalue weighted by Crippen LogP contribution is -2.28. The number of nitrogens with one attached hydrogen (secondary N) is 1. The summed E-state index contributed by atoms with van der Waals surface area (Å²) in [6, 6.07) is 14.8. The van der Waals surface area contributed by atoms with E-state index in [1.54, 1.807) is 29.2 Å². The van der Waals surface area contributed by atoms with Gasteiger partial charge in [0.05, 0.1) is 5.92 Å². The Bertz CT molecular complexity index is 843. The number of hydrogen-bond donors (Lipinski definition) is 1. The lowest BCUT2D eigenvalue weighted by molar-refractivity contribution is -0.128. The minimum absolute atomic E-state index is 0.00131. The molecule has 26 heavy (non-hydrogen) atoms. The van der Waals surface area contributed by atoms with Gasteiger partial charge >= 0.3 is 0 Å². The maximum absolute atomic E-state index is 12.5. The summed E-state index contributed by atoms with van der Waals surface area (Å²) in [5, 5.41) is 2.83. The molecule has 5 nitrogen and oxygen atoms in total. The number of rotatable bonds is 5. The van der Waals surface area contributed by atoms with Crippen LogP contribution in [0.5, 0.6) is 0 Å². The highest BCUT2D eigenvalue weighted by Crippen LogP contribution is 2.22. The van der Waals surface area contributed by atoms with Crippen LogP contribution < -0.4 is 5.32 Å². The van der Waals surface area contributed by atoms with Crippen LogP contribution in [0.15, 0.2) is 48.5 Å². The molecule has 1 atom stereocenters. The SMILES string of the molecule is CC(=O)c1ccc(NC(=O)C2CC(=O)N(Cc3cccc(C)c3)C2)cc1. The van der Waals surface area contributed by atoms with Gasteiger partial charge in [-0.3, -0.25) is 14.4 Å².